The predicted octanol–water partition coefficient (Wildman–Crippen LogP) is 10.6. The van der Waals surface area contributed by atoms with Gasteiger partial charge >= 0.3 is 0 Å². The highest BCUT2D eigenvalue weighted by Gasteiger charge is 2.19. The Morgan fingerprint density at radius 3 is 1.89 bits per heavy atom. The zero-order chi connectivity index (χ0) is 30.4. The highest BCUT2D eigenvalue weighted by molar-refractivity contribution is 6.20. The van der Waals surface area contributed by atoms with Crippen molar-refractivity contribution in [2.75, 3.05) is 0 Å². The molecule has 10 aromatic rings. The molecule has 3 heteroatoms. The van der Waals surface area contributed by atoms with Crippen LogP contribution in [0.5, 0.6) is 0 Å². The van der Waals surface area contributed by atoms with Gasteiger partial charge in [0.15, 0.2) is 0 Å². The van der Waals surface area contributed by atoms with Gasteiger partial charge in [0.2, 0.25) is 0 Å². The summed E-state index contributed by atoms with van der Waals surface area (Å²) in [5, 5.41) is 7.55. The monoisotopic (exact) mass is 586 g/mol. The zero-order valence-electron chi connectivity index (χ0n) is 24.8. The lowest BCUT2D eigenvalue weighted by molar-refractivity contribution is 1.18. The number of aromatic nitrogens is 2. The van der Waals surface area contributed by atoms with Crippen LogP contribution in [-0.4, -0.2) is 8.97 Å². The third kappa shape index (κ3) is 3.40. The van der Waals surface area contributed by atoms with Crippen molar-refractivity contribution in [3.8, 4) is 27.9 Å². The van der Waals surface area contributed by atoms with Crippen LogP contribution in [0, 0.1) is 0 Å². The number of hydrogen-bond acceptors (Lipinski definition) is 1. The van der Waals surface area contributed by atoms with Crippen molar-refractivity contribution in [1.82, 2.24) is 8.97 Å². The van der Waals surface area contributed by atoms with E-state index in [-0.39, 0.29) is 5.56 Å². The van der Waals surface area contributed by atoms with E-state index < -0.39 is 0 Å². The molecule has 0 saturated heterocycles. The van der Waals surface area contributed by atoms with Gasteiger partial charge < -0.3 is 4.57 Å². The Morgan fingerprint density at radius 1 is 0.391 bits per heavy atom. The molecule has 3 aromatic heterocycles. The summed E-state index contributed by atoms with van der Waals surface area (Å²) in [7, 11) is 0. The molecule has 0 aliphatic rings. The quantitative estimate of drug-likeness (QED) is 0.189. The summed E-state index contributed by atoms with van der Waals surface area (Å²) >= 11 is 0. The number of para-hydroxylation sites is 2. The number of fused-ring (bicyclic) bond motifs is 8. The fourth-order valence-electron chi connectivity index (χ4n) is 7.68. The van der Waals surface area contributed by atoms with Crippen LogP contribution < -0.4 is 5.56 Å². The van der Waals surface area contributed by atoms with E-state index in [2.05, 4.69) is 144 Å². The first-order valence-electron chi connectivity index (χ1n) is 15.7. The van der Waals surface area contributed by atoms with Crippen LogP contribution in [-0.2, 0) is 0 Å². The lowest BCUT2D eigenvalue weighted by Crippen LogP contribution is -2.12. The molecule has 0 spiro atoms. The summed E-state index contributed by atoms with van der Waals surface area (Å²) in [4.78, 5) is 13.8. The molecule has 0 atom stereocenters. The number of rotatable bonds is 3. The van der Waals surface area contributed by atoms with Crippen LogP contribution in [0.2, 0.25) is 0 Å². The lowest BCUT2D eigenvalue weighted by atomic mass is 9.99. The van der Waals surface area contributed by atoms with Crippen molar-refractivity contribution in [3.05, 3.63) is 168 Å². The number of benzene rings is 7. The predicted molar refractivity (Wildman–Crippen MR) is 193 cm³/mol. The molecular weight excluding hydrogens is 560 g/mol. The van der Waals surface area contributed by atoms with Crippen LogP contribution in [0.4, 0.5) is 0 Å². The first-order chi connectivity index (χ1) is 22.8. The third-order valence-corrected chi connectivity index (χ3v) is 9.66. The molecule has 10 rings (SSSR count). The average Bonchev–Trinajstić information content (AvgIpc) is 3.64. The minimum Gasteiger partial charge on any atom is -0.309 e. The maximum absolute atomic E-state index is 13.8. The summed E-state index contributed by atoms with van der Waals surface area (Å²) in [6.07, 6.45) is 0. The number of nitrogens with zero attached hydrogens (tertiary/aromatic N) is 2. The normalized spacial score (nSPS) is 12.0. The molecule has 0 saturated carbocycles. The van der Waals surface area contributed by atoms with Crippen molar-refractivity contribution in [3.63, 3.8) is 0 Å². The molecule has 0 N–H and O–H groups in total. The Balaban J connectivity index is 1.20. The van der Waals surface area contributed by atoms with E-state index in [4.69, 9.17) is 0 Å². The van der Waals surface area contributed by atoms with Gasteiger partial charge in [-0.3, -0.25) is 9.20 Å². The minimum atomic E-state index is 0.0327. The fourth-order valence-corrected chi connectivity index (χ4v) is 7.68. The zero-order valence-corrected chi connectivity index (χ0v) is 24.8. The van der Waals surface area contributed by atoms with E-state index in [0.717, 1.165) is 54.8 Å². The molecule has 0 radical (unpaired) electrons. The first kappa shape index (κ1) is 25.2. The van der Waals surface area contributed by atoms with Crippen molar-refractivity contribution in [1.29, 1.82) is 0 Å². The molecule has 0 unspecified atom stereocenters. The molecule has 0 aliphatic carbocycles. The first-order valence-corrected chi connectivity index (χ1v) is 15.7. The molecular formula is C43H26N2O. The van der Waals surface area contributed by atoms with Crippen LogP contribution in [0.25, 0.3) is 87.7 Å². The highest BCUT2D eigenvalue weighted by Crippen LogP contribution is 2.40. The van der Waals surface area contributed by atoms with Crippen molar-refractivity contribution >= 4 is 59.8 Å². The second-order valence-electron chi connectivity index (χ2n) is 12.1. The summed E-state index contributed by atoms with van der Waals surface area (Å²) in [6.45, 7) is 0. The van der Waals surface area contributed by atoms with E-state index in [1.807, 2.05) is 22.6 Å². The van der Waals surface area contributed by atoms with Gasteiger partial charge in [-0.1, -0.05) is 115 Å². The van der Waals surface area contributed by atoms with Crippen LogP contribution >= 0.6 is 0 Å². The van der Waals surface area contributed by atoms with E-state index in [1.165, 1.54) is 32.9 Å². The van der Waals surface area contributed by atoms with Crippen LogP contribution in [0.1, 0.15) is 0 Å². The molecule has 3 nitrogen and oxygen atoms in total. The Hall–Kier alpha value is -6.19. The fraction of sp³-hybridized carbons (Fsp3) is 0. The SMILES string of the molecule is O=c1c2ccccc2c2cccc3c4cc(-c5cccc(-n6c7ccccc7c7c(-c8ccccc8)cccc76)c5)ccc4n1c23. The Bertz CT molecular complexity index is 2880. The van der Waals surface area contributed by atoms with Gasteiger partial charge in [-0.25, -0.2) is 0 Å². The van der Waals surface area contributed by atoms with Gasteiger partial charge in [0.05, 0.1) is 22.1 Å². The van der Waals surface area contributed by atoms with Crippen molar-refractivity contribution in [2.24, 2.45) is 0 Å². The second kappa shape index (κ2) is 9.40. The standard InChI is InChI=1S/C43H26N2O/c46-43-35-16-5-4-15-32(35)33-19-9-20-34-37-26-29(23-24-39(37)45(43)42(33)34)28-13-8-14-30(25-28)44-38-21-7-6-17-36(38)41-31(18-10-22-40(41)44)27-11-2-1-3-12-27/h1-26H. The van der Waals surface area contributed by atoms with Gasteiger partial charge in [-0.15, -0.1) is 0 Å². The van der Waals surface area contributed by atoms with Gasteiger partial charge in [-0.2, -0.15) is 0 Å². The Morgan fingerprint density at radius 2 is 1.02 bits per heavy atom. The van der Waals surface area contributed by atoms with E-state index >= 15 is 0 Å². The van der Waals surface area contributed by atoms with E-state index in [9.17, 15) is 4.79 Å². The molecule has 46 heavy (non-hydrogen) atoms. The second-order valence-corrected chi connectivity index (χ2v) is 12.1. The average molecular weight is 587 g/mol. The maximum atomic E-state index is 13.8. The number of hydrogen-bond donors (Lipinski definition) is 0. The molecule has 0 bridgehead atoms. The van der Waals surface area contributed by atoms with Crippen molar-refractivity contribution < 1.29 is 0 Å². The maximum Gasteiger partial charge on any atom is 0.263 e. The summed E-state index contributed by atoms with van der Waals surface area (Å²) < 4.78 is 4.29. The molecule has 3 heterocycles. The molecule has 0 fully saturated rings. The van der Waals surface area contributed by atoms with Crippen LogP contribution in [0.15, 0.2) is 163 Å². The topological polar surface area (TPSA) is 26.4 Å². The third-order valence-electron chi connectivity index (χ3n) is 9.66. The summed E-state index contributed by atoms with van der Waals surface area (Å²) in [6, 6.07) is 55.6. The molecule has 7 aromatic carbocycles. The lowest BCUT2D eigenvalue weighted by Gasteiger charge is -2.11. The Kier molecular flexibility index (Phi) is 5.15. The number of pyridine rings is 1. The van der Waals surface area contributed by atoms with Crippen LogP contribution in [0.3, 0.4) is 0 Å². The molecule has 0 aliphatic heterocycles. The minimum absolute atomic E-state index is 0.0327. The van der Waals surface area contributed by atoms with Gasteiger partial charge in [0.1, 0.15) is 0 Å². The smallest absolute Gasteiger partial charge is 0.263 e. The van der Waals surface area contributed by atoms with E-state index in [1.54, 1.807) is 0 Å². The molecule has 0 amide bonds. The summed E-state index contributed by atoms with van der Waals surface area (Å²) in [5.41, 5.74) is 10.1. The largest absolute Gasteiger partial charge is 0.309 e. The van der Waals surface area contributed by atoms with Gasteiger partial charge in [-0.05, 0) is 70.1 Å². The Labute approximate surface area is 264 Å². The van der Waals surface area contributed by atoms with Gasteiger partial charge in [0, 0.05) is 38.0 Å². The molecule has 214 valence electrons. The van der Waals surface area contributed by atoms with Gasteiger partial charge in [0.25, 0.3) is 5.56 Å². The van der Waals surface area contributed by atoms with Crippen molar-refractivity contribution in [2.45, 2.75) is 0 Å². The summed E-state index contributed by atoms with van der Waals surface area (Å²) in [5.74, 6) is 0. The van der Waals surface area contributed by atoms with E-state index in [0.29, 0.717) is 0 Å². The highest BCUT2D eigenvalue weighted by atomic mass is 16.1.